The summed E-state index contributed by atoms with van der Waals surface area (Å²) in [5.74, 6) is -0.259. The lowest BCUT2D eigenvalue weighted by atomic mass is 10.2. The van der Waals surface area contributed by atoms with Crippen LogP contribution in [0.5, 0.6) is 0 Å². The molecule has 1 aromatic carbocycles. The first-order valence-corrected chi connectivity index (χ1v) is 7.30. The van der Waals surface area contributed by atoms with Crippen LogP contribution in [0, 0.1) is 6.92 Å². The van der Waals surface area contributed by atoms with Crippen molar-refractivity contribution in [1.82, 2.24) is 20.0 Å². The van der Waals surface area contributed by atoms with E-state index in [0.717, 1.165) is 5.69 Å². The Kier molecular flexibility index (Phi) is 4.06. The van der Waals surface area contributed by atoms with Crippen LogP contribution in [-0.4, -0.2) is 25.9 Å². The fourth-order valence-corrected chi connectivity index (χ4v) is 2.37. The summed E-state index contributed by atoms with van der Waals surface area (Å²) in [4.78, 5) is 12.1. The molecule has 7 nitrogen and oxygen atoms in total. The van der Waals surface area contributed by atoms with Crippen molar-refractivity contribution in [2.75, 3.05) is 5.32 Å². The summed E-state index contributed by atoms with van der Waals surface area (Å²) < 4.78 is 7.00. The van der Waals surface area contributed by atoms with Gasteiger partial charge in [-0.2, -0.15) is 5.10 Å². The highest BCUT2D eigenvalue weighted by atomic mass is 35.5. The minimum atomic E-state index is -0.439. The predicted molar refractivity (Wildman–Crippen MR) is 85.7 cm³/mol. The quantitative estimate of drug-likeness (QED) is 0.781. The van der Waals surface area contributed by atoms with Crippen LogP contribution in [-0.2, 0) is 7.05 Å². The largest absolute Gasteiger partial charge is 0.403 e. The van der Waals surface area contributed by atoms with Gasteiger partial charge in [-0.05, 0) is 31.2 Å². The van der Waals surface area contributed by atoms with Crippen molar-refractivity contribution in [2.24, 2.45) is 7.05 Å². The lowest BCUT2D eigenvalue weighted by Gasteiger charge is -1.99. The summed E-state index contributed by atoms with van der Waals surface area (Å²) in [6.45, 7) is 1.84. The molecule has 0 bridgehead atoms. The van der Waals surface area contributed by atoms with Crippen molar-refractivity contribution in [1.29, 1.82) is 0 Å². The van der Waals surface area contributed by atoms with Crippen molar-refractivity contribution >= 4 is 35.1 Å². The Balaban J connectivity index is 1.80. The Bertz CT molecular complexity index is 868. The molecule has 1 N–H and O–H groups in total. The van der Waals surface area contributed by atoms with Crippen molar-refractivity contribution in [3.05, 3.63) is 45.7 Å². The second-order valence-electron chi connectivity index (χ2n) is 4.79. The van der Waals surface area contributed by atoms with Crippen LogP contribution in [0.2, 0.25) is 10.0 Å². The van der Waals surface area contributed by atoms with E-state index in [2.05, 4.69) is 20.6 Å². The van der Waals surface area contributed by atoms with Gasteiger partial charge in [0.2, 0.25) is 0 Å². The highest BCUT2D eigenvalue weighted by molar-refractivity contribution is 6.36. The number of aryl methyl sites for hydroxylation is 2. The smallest absolute Gasteiger partial charge is 0.322 e. The van der Waals surface area contributed by atoms with E-state index < -0.39 is 5.91 Å². The molecule has 23 heavy (non-hydrogen) atoms. The average molecular weight is 352 g/mol. The molecule has 0 aliphatic carbocycles. The molecule has 0 atom stereocenters. The van der Waals surface area contributed by atoms with Gasteiger partial charge in [-0.1, -0.05) is 28.3 Å². The summed E-state index contributed by atoms with van der Waals surface area (Å²) in [6, 6.07) is 6.49. The first-order valence-electron chi connectivity index (χ1n) is 6.55. The second-order valence-corrected chi connectivity index (χ2v) is 5.63. The number of nitrogens with one attached hydrogen (secondary N) is 1. The number of nitrogens with zero attached hydrogens (tertiary/aromatic N) is 4. The lowest BCUT2D eigenvalue weighted by Crippen LogP contribution is -2.13. The summed E-state index contributed by atoms with van der Waals surface area (Å²) >= 11 is 11.9. The van der Waals surface area contributed by atoms with Crippen molar-refractivity contribution < 1.29 is 9.21 Å². The monoisotopic (exact) mass is 351 g/mol. The first-order chi connectivity index (χ1) is 10.9. The number of amides is 1. The van der Waals surface area contributed by atoms with Gasteiger partial charge in [-0.25, -0.2) is 0 Å². The first kappa shape index (κ1) is 15.5. The Labute approximate surface area is 141 Å². The van der Waals surface area contributed by atoms with Crippen molar-refractivity contribution in [3.8, 4) is 11.5 Å². The minimum absolute atomic E-state index is 0.0423. The normalized spacial score (nSPS) is 10.8. The van der Waals surface area contributed by atoms with E-state index in [1.165, 1.54) is 0 Å². The fraction of sp³-hybridized carbons (Fsp3) is 0.143. The van der Waals surface area contributed by atoms with Crippen LogP contribution in [0.25, 0.3) is 11.5 Å². The molecule has 0 unspecified atom stereocenters. The van der Waals surface area contributed by atoms with Crippen LogP contribution >= 0.6 is 23.2 Å². The summed E-state index contributed by atoms with van der Waals surface area (Å²) in [6.07, 6.45) is 0. The predicted octanol–water partition coefficient (Wildman–Crippen LogP) is 3.34. The number of halogens is 2. The maximum Gasteiger partial charge on any atom is 0.322 e. The molecule has 0 aliphatic heterocycles. The Morgan fingerprint density at radius 1 is 1.26 bits per heavy atom. The van der Waals surface area contributed by atoms with E-state index >= 15 is 0 Å². The lowest BCUT2D eigenvalue weighted by molar-refractivity contribution is 0.101. The van der Waals surface area contributed by atoms with E-state index in [-0.39, 0.29) is 17.6 Å². The number of rotatable bonds is 3. The number of carbonyl (C=O) groups is 1. The standard InChI is InChI=1S/C14H11Cl2N5O2/c1-7-5-11(20-21(7)2)12(22)17-14-19-18-13(23-14)9-4-3-8(15)6-10(9)16/h3-6H,1-2H3,(H,17,19,22). The molecular weight excluding hydrogens is 341 g/mol. The SMILES string of the molecule is Cc1cc(C(=O)Nc2nnc(-c3ccc(Cl)cc3Cl)o2)nn1C. The molecule has 2 aromatic heterocycles. The number of anilines is 1. The topological polar surface area (TPSA) is 85.8 Å². The molecule has 3 rings (SSSR count). The molecule has 1 amide bonds. The highest BCUT2D eigenvalue weighted by Crippen LogP contribution is 2.30. The number of benzene rings is 1. The van der Waals surface area contributed by atoms with Gasteiger partial charge >= 0.3 is 6.01 Å². The van der Waals surface area contributed by atoms with Crippen LogP contribution in [0.1, 0.15) is 16.2 Å². The maximum absolute atomic E-state index is 12.1. The second kappa shape index (κ2) is 6.02. The van der Waals surface area contributed by atoms with Crippen molar-refractivity contribution in [3.63, 3.8) is 0 Å². The van der Waals surface area contributed by atoms with Gasteiger partial charge in [0.25, 0.3) is 11.8 Å². The molecule has 0 radical (unpaired) electrons. The molecule has 2 heterocycles. The molecule has 0 saturated heterocycles. The summed E-state index contributed by atoms with van der Waals surface area (Å²) in [5.41, 5.74) is 1.64. The fourth-order valence-electron chi connectivity index (χ4n) is 1.88. The third-order valence-corrected chi connectivity index (χ3v) is 3.70. The van der Waals surface area contributed by atoms with Gasteiger partial charge in [-0.3, -0.25) is 14.8 Å². The zero-order chi connectivity index (χ0) is 16.6. The van der Waals surface area contributed by atoms with Crippen LogP contribution < -0.4 is 5.32 Å². The van der Waals surface area contributed by atoms with Gasteiger partial charge in [0.1, 0.15) is 0 Å². The number of carbonyl (C=O) groups excluding carboxylic acids is 1. The molecule has 0 fully saturated rings. The van der Waals surface area contributed by atoms with Gasteiger partial charge in [0.15, 0.2) is 5.69 Å². The van der Waals surface area contributed by atoms with Crippen LogP contribution in [0.4, 0.5) is 6.01 Å². The summed E-state index contributed by atoms with van der Waals surface area (Å²) in [7, 11) is 1.75. The Morgan fingerprint density at radius 3 is 2.70 bits per heavy atom. The van der Waals surface area contributed by atoms with Gasteiger partial charge < -0.3 is 4.42 Å². The number of aromatic nitrogens is 4. The molecule has 3 aromatic rings. The van der Waals surface area contributed by atoms with Crippen LogP contribution in [0.3, 0.4) is 0 Å². The third-order valence-electron chi connectivity index (χ3n) is 3.15. The third kappa shape index (κ3) is 3.20. The number of hydrogen-bond donors (Lipinski definition) is 1. The molecule has 118 valence electrons. The highest BCUT2D eigenvalue weighted by Gasteiger charge is 2.17. The van der Waals surface area contributed by atoms with E-state index in [4.69, 9.17) is 27.6 Å². The van der Waals surface area contributed by atoms with Gasteiger partial charge in [0, 0.05) is 17.8 Å². The Hall–Kier alpha value is -2.38. The molecule has 0 spiro atoms. The summed E-state index contributed by atoms with van der Waals surface area (Å²) in [5, 5.41) is 15.1. The zero-order valence-electron chi connectivity index (χ0n) is 12.2. The van der Waals surface area contributed by atoms with Gasteiger partial charge in [-0.15, -0.1) is 5.10 Å². The van der Waals surface area contributed by atoms with E-state index in [1.54, 1.807) is 36.0 Å². The van der Waals surface area contributed by atoms with Gasteiger partial charge in [0.05, 0.1) is 10.6 Å². The average Bonchev–Trinajstić information content (AvgIpc) is 3.07. The Morgan fingerprint density at radius 2 is 2.04 bits per heavy atom. The van der Waals surface area contributed by atoms with E-state index in [0.29, 0.717) is 15.6 Å². The van der Waals surface area contributed by atoms with Crippen molar-refractivity contribution in [2.45, 2.75) is 6.92 Å². The van der Waals surface area contributed by atoms with E-state index in [1.807, 2.05) is 6.92 Å². The minimum Gasteiger partial charge on any atom is -0.403 e. The molecule has 9 heteroatoms. The molecular formula is C14H11Cl2N5O2. The zero-order valence-corrected chi connectivity index (χ0v) is 13.7. The molecule has 0 saturated carbocycles. The maximum atomic E-state index is 12.1. The molecule has 0 aliphatic rings. The number of hydrogen-bond acceptors (Lipinski definition) is 5. The van der Waals surface area contributed by atoms with Crippen LogP contribution in [0.15, 0.2) is 28.7 Å². The van der Waals surface area contributed by atoms with E-state index in [9.17, 15) is 4.79 Å².